The summed E-state index contributed by atoms with van der Waals surface area (Å²) in [6, 6.07) is 45.6. The van der Waals surface area contributed by atoms with Crippen LogP contribution < -0.4 is 21.2 Å². The third-order valence-corrected chi connectivity index (χ3v) is 26.1. The van der Waals surface area contributed by atoms with Gasteiger partial charge in [-0.3, -0.25) is 0 Å². The highest BCUT2D eigenvalue weighted by atomic mass is 32.5. The average molecular weight is 430 g/mol. The molecule has 5 rings (SSSR count). The normalized spacial score (nSPS) is 17.1. The lowest BCUT2D eigenvalue weighted by Gasteiger charge is -2.23. The van der Waals surface area contributed by atoms with Gasteiger partial charge in [-0.1, -0.05) is 72.8 Å². The van der Waals surface area contributed by atoms with E-state index in [0.29, 0.717) is 0 Å². The zero-order valence-electron chi connectivity index (χ0n) is 16.4. The topological polar surface area (TPSA) is 0 Å². The first-order valence-electron chi connectivity index (χ1n) is 10.1. The highest BCUT2D eigenvalue weighted by Gasteiger charge is 2.65. The van der Waals surface area contributed by atoms with Gasteiger partial charge in [0.15, 0.2) is 0 Å². The first-order chi connectivity index (χ1) is 14.3. The van der Waals surface area contributed by atoms with Crippen LogP contribution in [0, 0.1) is 0 Å². The standard InChI is InChI=1S/C26H25P3/c1-5-13-23(14-6-1)28(24-15-7-2-8-16-24)21-22-29(27-28,25-17-9-3-10-18-25)26-19-11-4-12-20-26/h1-20,27H,21-22H2/q+2. The Labute approximate surface area is 176 Å². The van der Waals surface area contributed by atoms with Crippen LogP contribution in [0.3, 0.4) is 0 Å². The molecule has 0 atom stereocenters. The van der Waals surface area contributed by atoms with Crippen molar-refractivity contribution in [1.29, 1.82) is 0 Å². The van der Waals surface area contributed by atoms with Crippen molar-refractivity contribution in [3.05, 3.63) is 121 Å². The molecule has 0 saturated carbocycles. The SMILES string of the molecule is c1ccc([P+]2(c3ccccc3)CC[P+](c3ccccc3)(c3ccccc3)P2)cc1. The van der Waals surface area contributed by atoms with Crippen molar-refractivity contribution >= 4 is 43.1 Å². The van der Waals surface area contributed by atoms with Gasteiger partial charge in [-0.2, -0.15) is 0 Å². The Kier molecular flexibility index (Phi) is 5.37. The van der Waals surface area contributed by atoms with Gasteiger partial charge >= 0.3 is 0 Å². The fraction of sp³-hybridized carbons (Fsp3) is 0.0769. The molecule has 4 aromatic carbocycles. The van der Waals surface area contributed by atoms with Crippen LogP contribution in [0.15, 0.2) is 121 Å². The lowest BCUT2D eigenvalue weighted by molar-refractivity contribution is 1.51. The van der Waals surface area contributed by atoms with Gasteiger partial charge in [-0.25, -0.2) is 0 Å². The third-order valence-electron chi connectivity index (χ3n) is 5.90. The summed E-state index contributed by atoms with van der Waals surface area (Å²) < 4.78 is 0. The van der Waals surface area contributed by atoms with Crippen molar-refractivity contribution in [1.82, 2.24) is 0 Å². The van der Waals surface area contributed by atoms with Crippen LogP contribution in [0.1, 0.15) is 0 Å². The zero-order chi connectivity index (χ0) is 19.6. The van der Waals surface area contributed by atoms with Gasteiger partial charge in [0.1, 0.15) is 47.4 Å². The number of rotatable bonds is 4. The van der Waals surface area contributed by atoms with Gasteiger partial charge < -0.3 is 0 Å². The van der Waals surface area contributed by atoms with Crippen molar-refractivity contribution in [3.8, 4) is 0 Å². The molecular formula is C26H25P3+2. The highest BCUT2D eigenvalue weighted by Crippen LogP contribution is 2.96. The largest absolute Gasteiger partial charge is 0.217 e. The molecule has 0 N–H and O–H groups in total. The van der Waals surface area contributed by atoms with E-state index >= 15 is 0 Å². The van der Waals surface area contributed by atoms with E-state index < -0.39 is 13.9 Å². The third kappa shape index (κ3) is 3.39. The van der Waals surface area contributed by atoms with Crippen LogP contribution in [-0.2, 0) is 0 Å². The predicted octanol–water partition coefficient (Wildman–Crippen LogP) is 5.85. The average Bonchev–Trinajstić information content (AvgIpc) is 3.25. The first-order valence-corrected chi connectivity index (χ1v) is 16.7. The Balaban J connectivity index is 1.72. The van der Waals surface area contributed by atoms with Gasteiger partial charge in [0.05, 0.1) is 0 Å². The van der Waals surface area contributed by atoms with E-state index in [1.54, 1.807) is 21.2 Å². The number of hydrogen-bond donors (Lipinski definition) is 0. The van der Waals surface area contributed by atoms with Crippen LogP contribution in [0.2, 0.25) is 0 Å². The summed E-state index contributed by atoms with van der Waals surface area (Å²) >= 11 is 0. The quantitative estimate of drug-likeness (QED) is 0.357. The van der Waals surface area contributed by atoms with E-state index in [1.807, 2.05) is 0 Å². The summed E-state index contributed by atoms with van der Waals surface area (Å²) in [5.74, 6) is 0. The minimum Gasteiger partial charge on any atom is -0.0620 e. The maximum absolute atomic E-state index is 2.39. The number of hydrogen-bond acceptors (Lipinski definition) is 0. The van der Waals surface area contributed by atoms with E-state index in [4.69, 9.17) is 0 Å². The van der Waals surface area contributed by atoms with Crippen molar-refractivity contribution < 1.29 is 0 Å². The molecule has 0 unspecified atom stereocenters. The molecule has 0 spiro atoms. The summed E-state index contributed by atoms with van der Waals surface area (Å²) in [6.45, 7) is -2.85. The second kappa shape index (κ2) is 8.13. The van der Waals surface area contributed by atoms with Crippen molar-refractivity contribution in [3.63, 3.8) is 0 Å². The molecule has 142 valence electrons. The minimum atomic E-state index is -1.43. The summed E-state index contributed by atoms with van der Waals surface area (Å²) in [5.41, 5.74) is 0. The molecule has 4 aromatic rings. The van der Waals surface area contributed by atoms with Gasteiger partial charge in [-0.05, 0) is 48.5 Å². The van der Waals surface area contributed by atoms with E-state index in [-0.39, 0.29) is 0 Å². The molecule has 29 heavy (non-hydrogen) atoms. The minimum absolute atomic E-state index is 0.963. The molecule has 0 aliphatic carbocycles. The molecule has 0 bridgehead atoms. The predicted molar refractivity (Wildman–Crippen MR) is 136 cm³/mol. The van der Waals surface area contributed by atoms with E-state index in [1.165, 1.54) is 12.3 Å². The van der Waals surface area contributed by atoms with E-state index in [9.17, 15) is 0 Å². The molecular weight excluding hydrogens is 405 g/mol. The van der Waals surface area contributed by atoms with Crippen molar-refractivity contribution in [2.24, 2.45) is 0 Å². The van der Waals surface area contributed by atoms with Crippen LogP contribution in [-0.4, -0.2) is 12.3 Å². The molecule has 1 aliphatic heterocycles. The number of benzene rings is 4. The second-order valence-electron chi connectivity index (χ2n) is 7.51. The Hall–Kier alpha value is -1.83. The Morgan fingerprint density at radius 1 is 0.379 bits per heavy atom. The lowest BCUT2D eigenvalue weighted by Crippen LogP contribution is -2.19. The maximum Gasteiger partial charge on any atom is 0.217 e. The van der Waals surface area contributed by atoms with Crippen LogP contribution in [0.25, 0.3) is 0 Å². The lowest BCUT2D eigenvalue weighted by atomic mass is 10.4. The molecule has 1 heterocycles. The molecule has 3 heteroatoms. The van der Waals surface area contributed by atoms with Gasteiger partial charge in [0.25, 0.3) is 0 Å². The summed E-state index contributed by atoms with van der Waals surface area (Å²) in [6.07, 6.45) is 2.63. The molecule has 0 aromatic heterocycles. The first kappa shape index (κ1) is 19.2. The smallest absolute Gasteiger partial charge is 0.0620 e. The molecule has 0 nitrogen and oxygen atoms in total. The molecule has 0 radical (unpaired) electrons. The van der Waals surface area contributed by atoms with Crippen LogP contribution in [0.5, 0.6) is 0 Å². The van der Waals surface area contributed by atoms with Crippen molar-refractivity contribution in [2.45, 2.75) is 0 Å². The van der Waals surface area contributed by atoms with Crippen LogP contribution >= 0.6 is 21.9 Å². The summed E-state index contributed by atoms with van der Waals surface area (Å²) in [5, 5.41) is 6.33. The fourth-order valence-electron chi connectivity index (χ4n) is 4.47. The molecule has 0 amide bonds. The Morgan fingerprint density at radius 3 is 0.862 bits per heavy atom. The summed E-state index contributed by atoms with van der Waals surface area (Å²) in [7, 11) is 0.963. The Morgan fingerprint density at radius 2 is 0.621 bits per heavy atom. The monoisotopic (exact) mass is 430 g/mol. The molecule has 1 aliphatic rings. The van der Waals surface area contributed by atoms with E-state index in [2.05, 4.69) is 121 Å². The highest BCUT2D eigenvalue weighted by molar-refractivity contribution is 8.70. The van der Waals surface area contributed by atoms with Gasteiger partial charge in [0.2, 0.25) is 7.96 Å². The Bertz CT molecular complexity index is 896. The van der Waals surface area contributed by atoms with Crippen LogP contribution in [0.4, 0.5) is 0 Å². The van der Waals surface area contributed by atoms with Gasteiger partial charge in [-0.15, -0.1) is 0 Å². The van der Waals surface area contributed by atoms with Gasteiger partial charge in [0, 0.05) is 0 Å². The second-order valence-corrected chi connectivity index (χ2v) is 20.9. The van der Waals surface area contributed by atoms with E-state index in [0.717, 1.165) is 7.96 Å². The molecule has 1 fully saturated rings. The summed E-state index contributed by atoms with van der Waals surface area (Å²) in [4.78, 5) is 0. The fourth-order valence-corrected chi connectivity index (χ4v) is 31.0. The molecule has 1 saturated heterocycles. The maximum atomic E-state index is 2.39. The van der Waals surface area contributed by atoms with Crippen molar-refractivity contribution in [2.75, 3.05) is 12.3 Å². The zero-order valence-corrected chi connectivity index (χ0v) is 19.1.